The van der Waals surface area contributed by atoms with Crippen molar-refractivity contribution in [3.8, 4) is 0 Å². The van der Waals surface area contributed by atoms with Crippen molar-refractivity contribution >= 4 is 40.7 Å². The summed E-state index contributed by atoms with van der Waals surface area (Å²) in [5.74, 6) is -0.748. The standard InChI is InChI=1S/C14H17Cl2NO2/c1-4-5-9(2)14(19)17(10(3)18)11-6-7-12(15)13(16)8-11/h6-9H,4-5H2,1-3H3/t9-/m1/s1. The minimum Gasteiger partial charge on any atom is -0.274 e. The maximum atomic E-state index is 12.3. The summed E-state index contributed by atoms with van der Waals surface area (Å²) in [6.07, 6.45) is 1.63. The van der Waals surface area contributed by atoms with Gasteiger partial charge in [0, 0.05) is 12.8 Å². The molecule has 0 aliphatic rings. The van der Waals surface area contributed by atoms with Crippen molar-refractivity contribution in [2.24, 2.45) is 5.92 Å². The average Bonchev–Trinajstić information content (AvgIpc) is 2.33. The van der Waals surface area contributed by atoms with E-state index < -0.39 is 0 Å². The Morgan fingerprint density at radius 3 is 2.37 bits per heavy atom. The Balaban J connectivity index is 3.10. The van der Waals surface area contributed by atoms with E-state index in [1.165, 1.54) is 13.0 Å². The van der Waals surface area contributed by atoms with Crippen molar-refractivity contribution in [3.05, 3.63) is 28.2 Å². The van der Waals surface area contributed by atoms with Gasteiger partial charge >= 0.3 is 0 Å². The average molecular weight is 302 g/mol. The highest BCUT2D eigenvalue weighted by atomic mass is 35.5. The van der Waals surface area contributed by atoms with E-state index in [9.17, 15) is 9.59 Å². The van der Waals surface area contributed by atoms with Gasteiger partial charge in [0.25, 0.3) is 0 Å². The zero-order chi connectivity index (χ0) is 14.6. The van der Waals surface area contributed by atoms with Gasteiger partial charge in [-0.1, -0.05) is 43.5 Å². The minimum absolute atomic E-state index is 0.205. The van der Waals surface area contributed by atoms with Crippen LogP contribution in [0, 0.1) is 5.92 Å². The molecule has 0 saturated heterocycles. The summed E-state index contributed by atoms with van der Waals surface area (Å²) < 4.78 is 0. The van der Waals surface area contributed by atoms with E-state index in [2.05, 4.69) is 0 Å². The predicted octanol–water partition coefficient (Wildman–Crippen LogP) is 4.31. The summed E-state index contributed by atoms with van der Waals surface area (Å²) in [4.78, 5) is 25.2. The normalized spacial score (nSPS) is 12.1. The number of hydrogen-bond acceptors (Lipinski definition) is 2. The molecular formula is C14H17Cl2NO2. The minimum atomic E-state index is -0.327. The molecule has 0 spiro atoms. The quantitative estimate of drug-likeness (QED) is 0.831. The van der Waals surface area contributed by atoms with Crippen molar-refractivity contribution in [3.63, 3.8) is 0 Å². The van der Waals surface area contributed by atoms with Gasteiger partial charge in [0.15, 0.2) is 0 Å². The van der Waals surface area contributed by atoms with Gasteiger partial charge in [-0.2, -0.15) is 0 Å². The zero-order valence-corrected chi connectivity index (χ0v) is 12.8. The smallest absolute Gasteiger partial charge is 0.236 e. The largest absolute Gasteiger partial charge is 0.274 e. The third-order valence-corrected chi connectivity index (χ3v) is 3.58. The molecule has 0 bridgehead atoms. The lowest BCUT2D eigenvalue weighted by Crippen LogP contribution is -2.38. The van der Waals surface area contributed by atoms with Crippen LogP contribution in [0.2, 0.25) is 10.0 Å². The number of imide groups is 1. The Bertz CT molecular complexity index is 488. The molecule has 1 aromatic carbocycles. The van der Waals surface area contributed by atoms with Gasteiger partial charge < -0.3 is 0 Å². The van der Waals surface area contributed by atoms with Crippen molar-refractivity contribution in [1.82, 2.24) is 0 Å². The molecule has 1 atom stereocenters. The molecule has 0 aromatic heterocycles. The molecule has 0 saturated carbocycles. The van der Waals surface area contributed by atoms with Gasteiger partial charge in [0.05, 0.1) is 15.7 Å². The Labute approximate surface area is 123 Å². The van der Waals surface area contributed by atoms with Gasteiger partial charge in [-0.15, -0.1) is 0 Å². The fourth-order valence-corrected chi connectivity index (χ4v) is 2.16. The number of amides is 2. The zero-order valence-electron chi connectivity index (χ0n) is 11.2. The van der Waals surface area contributed by atoms with Crippen molar-refractivity contribution < 1.29 is 9.59 Å². The Kier molecular flexibility index (Phi) is 5.83. The summed E-state index contributed by atoms with van der Waals surface area (Å²) in [5.41, 5.74) is 0.454. The van der Waals surface area contributed by atoms with Crippen molar-refractivity contribution in [1.29, 1.82) is 0 Å². The summed E-state index contributed by atoms with van der Waals surface area (Å²) in [6, 6.07) is 4.72. The molecule has 2 amide bonds. The van der Waals surface area contributed by atoms with E-state index in [4.69, 9.17) is 23.2 Å². The molecule has 1 rings (SSSR count). The summed E-state index contributed by atoms with van der Waals surface area (Å²) in [7, 11) is 0. The molecule has 0 aliphatic carbocycles. The number of anilines is 1. The molecule has 0 heterocycles. The number of hydrogen-bond donors (Lipinski definition) is 0. The highest BCUT2D eigenvalue weighted by Gasteiger charge is 2.25. The molecule has 19 heavy (non-hydrogen) atoms. The number of nitrogens with zero attached hydrogens (tertiary/aromatic N) is 1. The van der Waals surface area contributed by atoms with Crippen LogP contribution in [-0.4, -0.2) is 11.8 Å². The predicted molar refractivity (Wildman–Crippen MR) is 78.7 cm³/mol. The monoisotopic (exact) mass is 301 g/mol. The van der Waals surface area contributed by atoms with Crippen LogP contribution < -0.4 is 4.90 Å². The second-order valence-corrected chi connectivity index (χ2v) is 5.30. The lowest BCUT2D eigenvalue weighted by molar-refractivity contribution is -0.127. The van der Waals surface area contributed by atoms with E-state index in [0.717, 1.165) is 17.7 Å². The molecule has 0 unspecified atom stereocenters. The first-order valence-electron chi connectivity index (χ1n) is 6.18. The molecule has 0 fully saturated rings. The van der Waals surface area contributed by atoms with E-state index in [1.807, 2.05) is 13.8 Å². The fraction of sp³-hybridized carbons (Fsp3) is 0.429. The van der Waals surface area contributed by atoms with E-state index in [1.54, 1.807) is 12.1 Å². The molecule has 5 heteroatoms. The maximum Gasteiger partial charge on any atom is 0.236 e. The van der Waals surface area contributed by atoms with Crippen LogP contribution in [0.4, 0.5) is 5.69 Å². The molecule has 0 N–H and O–H groups in total. The summed E-state index contributed by atoms with van der Waals surface area (Å²) >= 11 is 11.8. The van der Waals surface area contributed by atoms with Crippen LogP contribution in [0.3, 0.4) is 0 Å². The van der Waals surface area contributed by atoms with Crippen LogP contribution in [0.15, 0.2) is 18.2 Å². The van der Waals surface area contributed by atoms with Crippen LogP contribution >= 0.6 is 23.2 Å². The lowest BCUT2D eigenvalue weighted by atomic mass is 10.0. The topological polar surface area (TPSA) is 37.4 Å². The third-order valence-electron chi connectivity index (χ3n) is 2.84. The van der Waals surface area contributed by atoms with Crippen LogP contribution in [0.25, 0.3) is 0 Å². The Morgan fingerprint density at radius 1 is 1.26 bits per heavy atom. The van der Waals surface area contributed by atoms with Crippen LogP contribution in [0.1, 0.15) is 33.6 Å². The summed E-state index contributed by atoms with van der Waals surface area (Å²) in [6.45, 7) is 5.18. The van der Waals surface area contributed by atoms with E-state index in [-0.39, 0.29) is 17.7 Å². The van der Waals surface area contributed by atoms with E-state index in [0.29, 0.717) is 15.7 Å². The maximum absolute atomic E-state index is 12.3. The number of carbonyl (C=O) groups excluding carboxylic acids is 2. The number of halogens is 2. The molecule has 0 aliphatic heterocycles. The molecular weight excluding hydrogens is 285 g/mol. The first-order valence-corrected chi connectivity index (χ1v) is 6.93. The SMILES string of the molecule is CCC[C@@H](C)C(=O)N(C(C)=O)c1ccc(Cl)c(Cl)c1. The number of rotatable bonds is 4. The molecule has 104 valence electrons. The Hall–Kier alpha value is -1.06. The summed E-state index contributed by atoms with van der Waals surface area (Å²) in [5, 5.41) is 0.712. The first kappa shape index (κ1) is 16.0. The van der Waals surface area contributed by atoms with Gasteiger partial charge in [-0.25, -0.2) is 0 Å². The van der Waals surface area contributed by atoms with Crippen molar-refractivity contribution in [2.75, 3.05) is 4.90 Å². The second-order valence-electron chi connectivity index (χ2n) is 4.48. The van der Waals surface area contributed by atoms with E-state index >= 15 is 0 Å². The fourth-order valence-electron chi connectivity index (χ4n) is 1.87. The van der Waals surface area contributed by atoms with Crippen molar-refractivity contribution in [2.45, 2.75) is 33.6 Å². The van der Waals surface area contributed by atoms with Crippen LogP contribution in [-0.2, 0) is 9.59 Å². The molecule has 1 aromatic rings. The lowest BCUT2D eigenvalue weighted by Gasteiger charge is -2.23. The van der Waals surface area contributed by atoms with Gasteiger partial charge in [0.1, 0.15) is 0 Å². The van der Waals surface area contributed by atoms with Crippen LogP contribution in [0.5, 0.6) is 0 Å². The number of carbonyl (C=O) groups is 2. The third kappa shape index (κ3) is 3.95. The first-order chi connectivity index (χ1) is 8.88. The highest BCUT2D eigenvalue weighted by molar-refractivity contribution is 6.42. The van der Waals surface area contributed by atoms with Gasteiger partial charge in [0.2, 0.25) is 11.8 Å². The Morgan fingerprint density at radius 2 is 1.89 bits per heavy atom. The van der Waals surface area contributed by atoms with Gasteiger partial charge in [-0.3, -0.25) is 14.5 Å². The number of benzene rings is 1. The van der Waals surface area contributed by atoms with Gasteiger partial charge in [-0.05, 0) is 24.6 Å². The highest BCUT2D eigenvalue weighted by Crippen LogP contribution is 2.28. The molecule has 0 radical (unpaired) electrons. The second kappa shape index (κ2) is 6.92. The molecule has 3 nitrogen and oxygen atoms in total.